The normalized spacial score (nSPS) is 16.2. The Bertz CT molecular complexity index is 371. The number of hydrogen-bond acceptors (Lipinski definition) is 3. The van der Waals surface area contributed by atoms with Gasteiger partial charge < -0.3 is 5.32 Å². The summed E-state index contributed by atoms with van der Waals surface area (Å²) >= 11 is 0. The molecule has 0 unspecified atom stereocenters. The van der Waals surface area contributed by atoms with Crippen molar-refractivity contribution in [1.82, 2.24) is 15.2 Å². The molecule has 1 aliphatic rings. The average molecular weight is 289 g/mol. The van der Waals surface area contributed by atoms with Gasteiger partial charge in [-0.15, -0.1) is 0 Å². The van der Waals surface area contributed by atoms with E-state index in [4.69, 9.17) is 0 Å². The Morgan fingerprint density at radius 3 is 2.71 bits per heavy atom. The molecule has 3 heteroatoms. The van der Waals surface area contributed by atoms with E-state index in [1.807, 2.05) is 12.3 Å². The maximum atomic E-state index is 4.36. The van der Waals surface area contributed by atoms with Crippen LogP contribution < -0.4 is 5.32 Å². The first kappa shape index (κ1) is 16.4. The van der Waals surface area contributed by atoms with E-state index in [-0.39, 0.29) is 0 Å². The fourth-order valence-electron chi connectivity index (χ4n) is 3.11. The van der Waals surface area contributed by atoms with Crippen molar-refractivity contribution >= 4 is 0 Å². The molecule has 1 heterocycles. The van der Waals surface area contributed by atoms with Crippen molar-refractivity contribution in [2.24, 2.45) is 5.92 Å². The Kier molecular flexibility index (Phi) is 7.17. The molecule has 3 nitrogen and oxygen atoms in total. The Labute approximate surface area is 130 Å². The molecule has 2 rings (SSSR count). The van der Waals surface area contributed by atoms with Crippen LogP contribution in [-0.4, -0.2) is 35.6 Å². The summed E-state index contributed by atoms with van der Waals surface area (Å²) in [6, 6.07) is 6.94. The van der Waals surface area contributed by atoms with Crippen LogP contribution in [0.25, 0.3) is 0 Å². The Morgan fingerprint density at radius 2 is 2.05 bits per heavy atom. The summed E-state index contributed by atoms with van der Waals surface area (Å²) in [5, 5.41) is 3.54. The molecule has 1 fully saturated rings. The SMILES string of the molecule is CC(C)CCN(CCNCc1ccccn1)C1CCCC1. The highest BCUT2D eigenvalue weighted by molar-refractivity contribution is 5.02. The third kappa shape index (κ3) is 6.15. The van der Waals surface area contributed by atoms with Gasteiger partial charge in [-0.3, -0.25) is 9.88 Å². The fraction of sp³-hybridized carbons (Fsp3) is 0.722. The Balaban J connectivity index is 1.70. The van der Waals surface area contributed by atoms with E-state index in [0.717, 1.165) is 30.7 Å². The van der Waals surface area contributed by atoms with E-state index >= 15 is 0 Å². The van der Waals surface area contributed by atoms with E-state index in [1.165, 1.54) is 45.2 Å². The van der Waals surface area contributed by atoms with Crippen LogP contribution in [0.15, 0.2) is 24.4 Å². The first-order valence-electron chi connectivity index (χ1n) is 8.60. The second kappa shape index (κ2) is 9.16. The van der Waals surface area contributed by atoms with Gasteiger partial charge in [0.25, 0.3) is 0 Å². The van der Waals surface area contributed by atoms with Crippen molar-refractivity contribution in [3.63, 3.8) is 0 Å². The summed E-state index contributed by atoms with van der Waals surface area (Å²) in [5.74, 6) is 0.801. The summed E-state index contributed by atoms with van der Waals surface area (Å²) in [4.78, 5) is 7.08. The predicted molar refractivity (Wildman–Crippen MR) is 89.2 cm³/mol. The predicted octanol–water partition coefficient (Wildman–Crippen LogP) is 3.46. The van der Waals surface area contributed by atoms with Gasteiger partial charge in [0, 0.05) is 31.9 Å². The lowest BCUT2D eigenvalue weighted by atomic mass is 10.1. The standard InChI is InChI=1S/C18H31N3/c1-16(2)10-13-21(18-8-3-4-9-18)14-12-19-15-17-7-5-6-11-20-17/h5-7,11,16,18-19H,3-4,8-10,12-15H2,1-2H3. The van der Waals surface area contributed by atoms with Crippen LogP contribution in [0.5, 0.6) is 0 Å². The van der Waals surface area contributed by atoms with Crippen molar-refractivity contribution in [3.8, 4) is 0 Å². The number of aromatic nitrogens is 1. The second-order valence-electron chi connectivity index (χ2n) is 6.65. The van der Waals surface area contributed by atoms with Gasteiger partial charge in [0.1, 0.15) is 0 Å². The lowest BCUT2D eigenvalue weighted by Gasteiger charge is -2.29. The van der Waals surface area contributed by atoms with E-state index in [1.54, 1.807) is 0 Å². The molecule has 0 atom stereocenters. The molecule has 1 N–H and O–H groups in total. The van der Waals surface area contributed by atoms with Crippen molar-refractivity contribution in [2.75, 3.05) is 19.6 Å². The van der Waals surface area contributed by atoms with E-state index in [2.05, 4.69) is 41.2 Å². The lowest BCUT2D eigenvalue weighted by Crippen LogP contribution is -2.39. The molecule has 118 valence electrons. The third-order valence-corrected chi connectivity index (χ3v) is 4.44. The van der Waals surface area contributed by atoms with Crippen LogP contribution in [0, 0.1) is 5.92 Å². The zero-order chi connectivity index (χ0) is 14.9. The molecule has 0 radical (unpaired) electrons. The minimum Gasteiger partial charge on any atom is -0.310 e. The van der Waals surface area contributed by atoms with Crippen molar-refractivity contribution < 1.29 is 0 Å². The number of nitrogens with one attached hydrogen (secondary N) is 1. The highest BCUT2D eigenvalue weighted by atomic mass is 15.2. The van der Waals surface area contributed by atoms with Crippen LogP contribution in [-0.2, 0) is 6.54 Å². The Morgan fingerprint density at radius 1 is 1.24 bits per heavy atom. The Hall–Kier alpha value is -0.930. The summed E-state index contributed by atoms with van der Waals surface area (Å²) in [5.41, 5.74) is 1.13. The number of pyridine rings is 1. The highest BCUT2D eigenvalue weighted by Crippen LogP contribution is 2.23. The van der Waals surface area contributed by atoms with Gasteiger partial charge in [0.15, 0.2) is 0 Å². The molecule has 1 aromatic heterocycles. The maximum Gasteiger partial charge on any atom is 0.0541 e. The van der Waals surface area contributed by atoms with Gasteiger partial charge in [-0.2, -0.15) is 0 Å². The minimum atomic E-state index is 0.801. The molecule has 1 aromatic rings. The summed E-state index contributed by atoms with van der Waals surface area (Å²) in [6.45, 7) is 9.02. The summed E-state index contributed by atoms with van der Waals surface area (Å²) in [6.07, 6.45) is 8.83. The van der Waals surface area contributed by atoms with Crippen molar-refractivity contribution in [2.45, 2.75) is 58.5 Å². The number of hydrogen-bond donors (Lipinski definition) is 1. The second-order valence-corrected chi connectivity index (χ2v) is 6.65. The number of nitrogens with zero attached hydrogens (tertiary/aromatic N) is 2. The van der Waals surface area contributed by atoms with Crippen LogP contribution in [0.2, 0.25) is 0 Å². The smallest absolute Gasteiger partial charge is 0.0541 e. The van der Waals surface area contributed by atoms with E-state index in [9.17, 15) is 0 Å². The fourth-order valence-corrected chi connectivity index (χ4v) is 3.11. The number of rotatable bonds is 9. The van der Waals surface area contributed by atoms with Gasteiger partial charge in [-0.05, 0) is 43.9 Å². The largest absolute Gasteiger partial charge is 0.310 e. The monoisotopic (exact) mass is 289 g/mol. The van der Waals surface area contributed by atoms with Crippen molar-refractivity contribution in [3.05, 3.63) is 30.1 Å². The molecule has 1 aliphatic carbocycles. The zero-order valence-corrected chi connectivity index (χ0v) is 13.7. The van der Waals surface area contributed by atoms with E-state index in [0.29, 0.717) is 0 Å². The van der Waals surface area contributed by atoms with Crippen LogP contribution in [0.1, 0.15) is 51.6 Å². The van der Waals surface area contributed by atoms with Crippen molar-refractivity contribution in [1.29, 1.82) is 0 Å². The third-order valence-electron chi connectivity index (χ3n) is 4.44. The molecule has 0 aliphatic heterocycles. The first-order valence-corrected chi connectivity index (χ1v) is 8.60. The molecule has 0 amide bonds. The van der Waals surface area contributed by atoms with Gasteiger partial charge in [-0.25, -0.2) is 0 Å². The molecule has 0 bridgehead atoms. The van der Waals surface area contributed by atoms with Crippen LogP contribution in [0.3, 0.4) is 0 Å². The topological polar surface area (TPSA) is 28.2 Å². The van der Waals surface area contributed by atoms with E-state index < -0.39 is 0 Å². The van der Waals surface area contributed by atoms with Gasteiger partial charge >= 0.3 is 0 Å². The lowest BCUT2D eigenvalue weighted by molar-refractivity contribution is 0.188. The van der Waals surface area contributed by atoms with Crippen LogP contribution >= 0.6 is 0 Å². The molecule has 1 saturated carbocycles. The summed E-state index contributed by atoms with van der Waals surface area (Å²) < 4.78 is 0. The first-order chi connectivity index (χ1) is 10.3. The van der Waals surface area contributed by atoms with Crippen LogP contribution in [0.4, 0.5) is 0 Å². The molecule has 0 aromatic carbocycles. The molecular weight excluding hydrogens is 258 g/mol. The molecule has 21 heavy (non-hydrogen) atoms. The van der Waals surface area contributed by atoms with Gasteiger partial charge in [-0.1, -0.05) is 32.8 Å². The van der Waals surface area contributed by atoms with Gasteiger partial charge in [0.05, 0.1) is 5.69 Å². The van der Waals surface area contributed by atoms with Gasteiger partial charge in [0.2, 0.25) is 0 Å². The quantitative estimate of drug-likeness (QED) is 0.706. The summed E-state index contributed by atoms with van der Waals surface area (Å²) in [7, 11) is 0. The average Bonchev–Trinajstić information content (AvgIpc) is 3.01. The zero-order valence-electron chi connectivity index (χ0n) is 13.7. The molecular formula is C18H31N3. The minimum absolute atomic E-state index is 0.801. The highest BCUT2D eigenvalue weighted by Gasteiger charge is 2.21. The maximum absolute atomic E-state index is 4.36. The molecule has 0 saturated heterocycles. The molecule has 0 spiro atoms.